The van der Waals surface area contributed by atoms with Gasteiger partial charge in [-0.3, -0.25) is 9.59 Å². The Morgan fingerprint density at radius 2 is 1.92 bits per heavy atom. The van der Waals surface area contributed by atoms with Crippen molar-refractivity contribution in [2.24, 2.45) is 5.92 Å². The molecule has 2 aromatic carbocycles. The van der Waals surface area contributed by atoms with Crippen molar-refractivity contribution in [3.05, 3.63) is 63.9 Å². The molecule has 4 nitrogen and oxygen atoms in total. The van der Waals surface area contributed by atoms with E-state index in [0.29, 0.717) is 21.3 Å². The standard InChI is InChI=1S/C18H15Cl2FN2O2/c19-15-3-1-2-11(17(15)20)9-22-18(25)12-8-16(24)23(10-12)14-6-4-13(21)5-7-14/h1-7,12H,8-10H2,(H,22,25). The highest BCUT2D eigenvalue weighted by atomic mass is 35.5. The van der Waals surface area contributed by atoms with Crippen LogP contribution >= 0.6 is 23.2 Å². The van der Waals surface area contributed by atoms with E-state index in [0.717, 1.165) is 0 Å². The van der Waals surface area contributed by atoms with Gasteiger partial charge in [0.1, 0.15) is 5.82 Å². The van der Waals surface area contributed by atoms with Gasteiger partial charge in [0, 0.05) is 25.2 Å². The first-order chi connectivity index (χ1) is 12.0. The molecule has 0 bridgehead atoms. The van der Waals surface area contributed by atoms with Gasteiger partial charge in [0.05, 0.1) is 16.0 Å². The third-order valence-electron chi connectivity index (χ3n) is 4.12. The smallest absolute Gasteiger partial charge is 0.227 e. The van der Waals surface area contributed by atoms with E-state index in [1.165, 1.54) is 29.2 Å². The van der Waals surface area contributed by atoms with Crippen LogP contribution in [0.5, 0.6) is 0 Å². The average molecular weight is 381 g/mol. The van der Waals surface area contributed by atoms with Crippen molar-refractivity contribution < 1.29 is 14.0 Å². The van der Waals surface area contributed by atoms with E-state index in [2.05, 4.69) is 5.32 Å². The van der Waals surface area contributed by atoms with E-state index in [9.17, 15) is 14.0 Å². The van der Waals surface area contributed by atoms with Crippen molar-refractivity contribution in [1.29, 1.82) is 0 Å². The van der Waals surface area contributed by atoms with Crippen LogP contribution in [0.3, 0.4) is 0 Å². The molecular weight excluding hydrogens is 366 g/mol. The molecule has 130 valence electrons. The fraction of sp³-hybridized carbons (Fsp3) is 0.222. The number of benzene rings is 2. The molecule has 3 rings (SSSR count). The molecule has 1 unspecified atom stereocenters. The van der Waals surface area contributed by atoms with Gasteiger partial charge in [0.25, 0.3) is 0 Å². The molecule has 0 radical (unpaired) electrons. The summed E-state index contributed by atoms with van der Waals surface area (Å²) in [6.07, 6.45) is 0.118. The first-order valence-corrected chi connectivity index (χ1v) is 8.48. The minimum absolute atomic E-state index is 0.118. The maximum atomic E-state index is 13.0. The zero-order valence-electron chi connectivity index (χ0n) is 13.1. The van der Waals surface area contributed by atoms with Gasteiger partial charge in [0.2, 0.25) is 11.8 Å². The molecule has 1 saturated heterocycles. The van der Waals surface area contributed by atoms with Crippen molar-refractivity contribution >= 4 is 40.7 Å². The fourth-order valence-electron chi connectivity index (χ4n) is 2.77. The van der Waals surface area contributed by atoms with Crippen molar-refractivity contribution in [1.82, 2.24) is 5.32 Å². The maximum absolute atomic E-state index is 13.0. The highest BCUT2D eigenvalue weighted by Gasteiger charge is 2.35. The number of halogens is 3. The second kappa shape index (κ2) is 7.42. The summed E-state index contributed by atoms with van der Waals surface area (Å²) < 4.78 is 13.0. The maximum Gasteiger partial charge on any atom is 0.227 e. The fourth-order valence-corrected chi connectivity index (χ4v) is 3.15. The molecule has 2 aromatic rings. The van der Waals surface area contributed by atoms with Crippen LogP contribution in [-0.4, -0.2) is 18.4 Å². The Kier molecular flexibility index (Phi) is 5.25. The lowest BCUT2D eigenvalue weighted by atomic mass is 10.1. The van der Waals surface area contributed by atoms with Gasteiger partial charge in [-0.15, -0.1) is 0 Å². The van der Waals surface area contributed by atoms with Crippen molar-refractivity contribution in [3.8, 4) is 0 Å². The second-order valence-electron chi connectivity index (χ2n) is 5.81. The third kappa shape index (κ3) is 3.94. The quantitative estimate of drug-likeness (QED) is 0.876. The number of anilines is 1. The molecule has 0 saturated carbocycles. The summed E-state index contributed by atoms with van der Waals surface area (Å²) in [7, 11) is 0. The molecule has 0 aliphatic carbocycles. The minimum Gasteiger partial charge on any atom is -0.352 e. The van der Waals surface area contributed by atoms with Gasteiger partial charge in [-0.1, -0.05) is 35.3 Å². The highest BCUT2D eigenvalue weighted by Crippen LogP contribution is 2.27. The van der Waals surface area contributed by atoms with Gasteiger partial charge < -0.3 is 10.2 Å². The van der Waals surface area contributed by atoms with E-state index < -0.39 is 5.92 Å². The van der Waals surface area contributed by atoms with Gasteiger partial charge in [0.15, 0.2) is 0 Å². The Morgan fingerprint density at radius 3 is 2.64 bits per heavy atom. The average Bonchev–Trinajstić information content (AvgIpc) is 2.98. The number of rotatable bonds is 4. The predicted molar refractivity (Wildman–Crippen MR) is 95.2 cm³/mol. The molecular formula is C18H15Cl2FN2O2. The minimum atomic E-state index is -0.462. The SMILES string of the molecule is O=C(NCc1cccc(Cl)c1Cl)C1CC(=O)N(c2ccc(F)cc2)C1. The lowest BCUT2D eigenvalue weighted by molar-refractivity contribution is -0.126. The predicted octanol–water partition coefficient (Wildman–Crippen LogP) is 3.80. The van der Waals surface area contributed by atoms with Crippen LogP contribution in [0.2, 0.25) is 10.0 Å². The molecule has 0 aromatic heterocycles. The molecule has 1 N–H and O–H groups in total. The molecule has 2 amide bonds. The Labute approximate surface area is 154 Å². The number of carbonyl (C=O) groups is 2. The van der Waals surface area contributed by atoms with Crippen LogP contribution in [0.25, 0.3) is 0 Å². The summed E-state index contributed by atoms with van der Waals surface area (Å²) in [5.74, 6) is -1.22. The van der Waals surface area contributed by atoms with Crippen LogP contribution in [0, 0.1) is 11.7 Å². The van der Waals surface area contributed by atoms with E-state index in [1.807, 2.05) is 0 Å². The van der Waals surface area contributed by atoms with Gasteiger partial charge in [-0.25, -0.2) is 4.39 Å². The van der Waals surface area contributed by atoms with Gasteiger partial charge >= 0.3 is 0 Å². The lowest BCUT2D eigenvalue weighted by Gasteiger charge is -2.16. The topological polar surface area (TPSA) is 49.4 Å². The van der Waals surface area contributed by atoms with Gasteiger partial charge in [-0.2, -0.15) is 0 Å². The zero-order valence-corrected chi connectivity index (χ0v) is 14.6. The van der Waals surface area contributed by atoms with Crippen LogP contribution in [0.1, 0.15) is 12.0 Å². The largest absolute Gasteiger partial charge is 0.352 e. The van der Waals surface area contributed by atoms with Crippen LogP contribution < -0.4 is 10.2 Å². The highest BCUT2D eigenvalue weighted by molar-refractivity contribution is 6.42. The molecule has 1 aliphatic heterocycles. The molecule has 1 heterocycles. The summed E-state index contributed by atoms with van der Waals surface area (Å²) in [6, 6.07) is 10.8. The number of carbonyl (C=O) groups excluding carboxylic acids is 2. The normalized spacial score (nSPS) is 17.0. The van der Waals surface area contributed by atoms with Gasteiger partial charge in [-0.05, 0) is 35.9 Å². The number of nitrogens with one attached hydrogen (secondary N) is 1. The van der Waals surface area contributed by atoms with E-state index in [1.54, 1.807) is 18.2 Å². The zero-order chi connectivity index (χ0) is 18.0. The number of nitrogens with zero attached hydrogens (tertiary/aromatic N) is 1. The first kappa shape index (κ1) is 17.7. The molecule has 7 heteroatoms. The molecule has 1 atom stereocenters. The Hall–Kier alpha value is -2.11. The Bertz CT molecular complexity index is 811. The molecule has 0 spiro atoms. The number of hydrogen-bond donors (Lipinski definition) is 1. The van der Waals surface area contributed by atoms with Crippen LogP contribution in [-0.2, 0) is 16.1 Å². The molecule has 1 fully saturated rings. The Balaban J connectivity index is 1.63. The van der Waals surface area contributed by atoms with Crippen LogP contribution in [0.4, 0.5) is 10.1 Å². The summed E-state index contributed by atoms with van der Waals surface area (Å²) >= 11 is 12.1. The summed E-state index contributed by atoms with van der Waals surface area (Å²) in [5, 5.41) is 3.62. The van der Waals surface area contributed by atoms with Crippen LogP contribution in [0.15, 0.2) is 42.5 Å². The Morgan fingerprint density at radius 1 is 1.20 bits per heavy atom. The first-order valence-electron chi connectivity index (χ1n) is 7.72. The molecule has 1 aliphatic rings. The van der Waals surface area contributed by atoms with E-state index in [-0.39, 0.29) is 37.1 Å². The lowest BCUT2D eigenvalue weighted by Crippen LogP contribution is -2.32. The third-order valence-corrected chi connectivity index (χ3v) is 4.98. The number of hydrogen-bond acceptors (Lipinski definition) is 2. The van der Waals surface area contributed by atoms with Crippen molar-refractivity contribution in [2.45, 2.75) is 13.0 Å². The van der Waals surface area contributed by atoms with Crippen molar-refractivity contribution in [3.63, 3.8) is 0 Å². The summed E-state index contributed by atoms with van der Waals surface area (Å²) in [6.45, 7) is 0.499. The summed E-state index contributed by atoms with van der Waals surface area (Å²) in [4.78, 5) is 26.0. The monoisotopic (exact) mass is 380 g/mol. The van der Waals surface area contributed by atoms with Crippen molar-refractivity contribution in [2.75, 3.05) is 11.4 Å². The number of amides is 2. The summed E-state index contributed by atoms with van der Waals surface area (Å²) in [5.41, 5.74) is 1.29. The van der Waals surface area contributed by atoms with E-state index >= 15 is 0 Å². The molecule has 25 heavy (non-hydrogen) atoms. The van der Waals surface area contributed by atoms with E-state index in [4.69, 9.17) is 23.2 Å². The second-order valence-corrected chi connectivity index (χ2v) is 6.60.